The van der Waals surface area contributed by atoms with Crippen LogP contribution in [0, 0.1) is 0 Å². The van der Waals surface area contributed by atoms with E-state index in [4.69, 9.17) is 9.98 Å². The third kappa shape index (κ3) is 5.59. The summed E-state index contributed by atoms with van der Waals surface area (Å²) in [6.45, 7) is 5.57. The van der Waals surface area contributed by atoms with Crippen LogP contribution >= 0.6 is 0 Å². The maximum absolute atomic E-state index is 12.6. The molecule has 3 atom stereocenters. The summed E-state index contributed by atoms with van der Waals surface area (Å²) in [6, 6.07) is 0.196. The van der Waals surface area contributed by atoms with Crippen LogP contribution in [0.5, 0.6) is 0 Å². The fourth-order valence-corrected chi connectivity index (χ4v) is 4.04. The lowest BCUT2D eigenvalue weighted by Gasteiger charge is -2.21. The number of hydrogen-bond acceptors (Lipinski definition) is 7. The minimum absolute atomic E-state index is 0.00589. The highest BCUT2D eigenvalue weighted by Crippen LogP contribution is 2.23. The molecule has 3 aliphatic rings. The van der Waals surface area contributed by atoms with E-state index in [1.165, 1.54) is 12.8 Å². The van der Waals surface area contributed by atoms with Crippen molar-refractivity contribution in [3.05, 3.63) is 35.7 Å². The van der Waals surface area contributed by atoms with Crippen LogP contribution in [0.1, 0.15) is 46.0 Å². The van der Waals surface area contributed by atoms with E-state index in [9.17, 15) is 4.79 Å². The van der Waals surface area contributed by atoms with E-state index in [0.717, 1.165) is 42.8 Å². The highest BCUT2D eigenvalue weighted by Gasteiger charge is 2.35. The number of hydrogen-bond donors (Lipinski definition) is 3. The van der Waals surface area contributed by atoms with Gasteiger partial charge >= 0.3 is 0 Å². The number of carbonyl (C=O) groups is 1. The molecule has 3 unspecified atom stereocenters. The summed E-state index contributed by atoms with van der Waals surface area (Å²) in [7, 11) is 3.81. The molecule has 0 bridgehead atoms. The fraction of sp³-hybridized carbons (Fsp3) is 0.609. The molecule has 3 N–H and O–H groups in total. The van der Waals surface area contributed by atoms with Crippen LogP contribution in [0.25, 0.3) is 0 Å². The van der Waals surface area contributed by atoms with Gasteiger partial charge in [0.1, 0.15) is 6.04 Å². The highest BCUT2D eigenvalue weighted by molar-refractivity contribution is 6.07. The second kappa shape index (κ2) is 10.6. The normalized spacial score (nSPS) is 24.7. The van der Waals surface area contributed by atoms with Gasteiger partial charge in [0.2, 0.25) is 0 Å². The molecule has 0 aromatic heterocycles. The van der Waals surface area contributed by atoms with Crippen LogP contribution in [0.3, 0.4) is 0 Å². The molecule has 0 spiro atoms. The zero-order chi connectivity index (χ0) is 21.5. The average molecular weight is 413 g/mol. The number of unbranched alkanes of at least 4 members (excludes halogenated alkanes) is 1. The summed E-state index contributed by atoms with van der Waals surface area (Å²) in [5, 5.41) is 10.1. The molecule has 0 saturated heterocycles. The van der Waals surface area contributed by atoms with Crippen LogP contribution < -0.4 is 16.0 Å². The molecule has 0 aromatic carbocycles. The van der Waals surface area contributed by atoms with Gasteiger partial charge in [0, 0.05) is 11.8 Å². The van der Waals surface area contributed by atoms with Gasteiger partial charge in [-0.25, -0.2) is 4.99 Å². The Balaban J connectivity index is 1.69. The molecule has 7 heteroatoms. The first-order valence-electron chi connectivity index (χ1n) is 11.2. The number of nitrogens with one attached hydrogen (secondary N) is 3. The predicted molar refractivity (Wildman–Crippen MR) is 124 cm³/mol. The van der Waals surface area contributed by atoms with Crippen molar-refractivity contribution >= 4 is 17.5 Å². The molecule has 164 valence electrons. The van der Waals surface area contributed by atoms with Crippen molar-refractivity contribution in [2.75, 3.05) is 27.2 Å². The zero-order valence-electron chi connectivity index (χ0n) is 18.7. The van der Waals surface area contributed by atoms with Crippen molar-refractivity contribution in [1.82, 2.24) is 20.9 Å². The van der Waals surface area contributed by atoms with Crippen molar-refractivity contribution in [2.45, 2.75) is 64.1 Å². The Kier molecular flexibility index (Phi) is 7.85. The van der Waals surface area contributed by atoms with Crippen molar-refractivity contribution in [1.29, 1.82) is 0 Å². The lowest BCUT2D eigenvalue weighted by Crippen LogP contribution is -2.42. The van der Waals surface area contributed by atoms with Crippen LogP contribution in [0.2, 0.25) is 0 Å². The van der Waals surface area contributed by atoms with Gasteiger partial charge in [-0.1, -0.05) is 51.3 Å². The largest absolute Gasteiger partial charge is 0.383 e. The number of ketones is 1. The number of Topliss-reactive ketones (excluding diaryl/α,β-unsaturated/α-hetero) is 1. The number of likely N-dealkylation sites (N-methyl/N-ethyl adjacent to an activating group) is 1. The molecule has 0 fully saturated rings. The van der Waals surface area contributed by atoms with Crippen molar-refractivity contribution in [2.24, 2.45) is 9.98 Å². The van der Waals surface area contributed by atoms with Gasteiger partial charge in [-0.15, -0.1) is 0 Å². The Morgan fingerprint density at radius 3 is 2.90 bits per heavy atom. The van der Waals surface area contributed by atoms with E-state index in [0.29, 0.717) is 18.5 Å². The summed E-state index contributed by atoms with van der Waals surface area (Å²) in [5.41, 5.74) is 2.78. The first kappa shape index (κ1) is 22.3. The van der Waals surface area contributed by atoms with Crippen molar-refractivity contribution in [3.63, 3.8) is 0 Å². The summed E-state index contributed by atoms with van der Waals surface area (Å²) < 4.78 is 0. The van der Waals surface area contributed by atoms with E-state index in [-0.39, 0.29) is 17.9 Å². The van der Waals surface area contributed by atoms with Crippen LogP contribution in [0.4, 0.5) is 0 Å². The van der Waals surface area contributed by atoms with E-state index >= 15 is 0 Å². The number of fused-ring (bicyclic) bond motifs is 1. The molecule has 2 aliphatic heterocycles. The molecule has 0 aromatic rings. The Morgan fingerprint density at radius 1 is 1.33 bits per heavy atom. The maximum Gasteiger partial charge on any atom is 0.197 e. The molecule has 7 nitrogen and oxygen atoms in total. The molecule has 1 aliphatic carbocycles. The molecule has 0 amide bonds. The van der Waals surface area contributed by atoms with E-state index in [1.807, 2.05) is 37.3 Å². The number of guanidine groups is 1. The second-order valence-electron chi connectivity index (χ2n) is 8.48. The lowest BCUT2D eigenvalue weighted by molar-refractivity contribution is -0.116. The molecule has 0 radical (unpaired) electrons. The summed E-state index contributed by atoms with van der Waals surface area (Å²) in [4.78, 5) is 24.4. The number of aliphatic imine (C=N–C) groups is 2. The molecular formula is C23H36N6O. The quantitative estimate of drug-likeness (QED) is 0.512. The van der Waals surface area contributed by atoms with Gasteiger partial charge in [-0.3, -0.25) is 9.79 Å². The number of allylic oxidation sites excluding steroid dienone is 2. The van der Waals surface area contributed by atoms with Gasteiger partial charge in [0.15, 0.2) is 11.7 Å². The Morgan fingerprint density at radius 2 is 2.17 bits per heavy atom. The van der Waals surface area contributed by atoms with E-state index < -0.39 is 0 Å². The van der Waals surface area contributed by atoms with Gasteiger partial charge in [0.25, 0.3) is 0 Å². The minimum atomic E-state index is -0.183. The van der Waals surface area contributed by atoms with E-state index in [2.05, 4.69) is 35.9 Å². The average Bonchev–Trinajstić information content (AvgIpc) is 3.31. The third-order valence-electron chi connectivity index (χ3n) is 5.54. The van der Waals surface area contributed by atoms with Crippen LogP contribution in [-0.2, 0) is 4.79 Å². The monoisotopic (exact) mass is 412 g/mol. The first-order valence-corrected chi connectivity index (χ1v) is 11.2. The van der Waals surface area contributed by atoms with E-state index in [1.54, 1.807) is 0 Å². The smallest absolute Gasteiger partial charge is 0.197 e. The van der Waals surface area contributed by atoms with Crippen LogP contribution in [-0.4, -0.2) is 67.7 Å². The molecule has 2 heterocycles. The van der Waals surface area contributed by atoms with Gasteiger partial charge in [0.05, 0.1) is 36.6 Å². The predicted octanol–water partition coefficient (Wildman–Crippen LogP) is 2.14. The Labute approximate surface area is 180 Å². The molecule has 0 saturated carbocycles. The third-order valence-corrected chi connectivity index (χ3v) is 5.54. The van der Waals surface area contributed by atoms with Crippen molar-refractivity contribution < 1.29 is 4.79 Å². The molecule has 3 rings (SSSR count). The molecule has 30 heavy (non-hydrogen) atoms. The topological polar surface area (TPSA) is 81.1 Å². The van der Waals surface area contributed by atoms with Crippen LogP contribution in [0.15, 0.2) is 45.7 Å². The minimum Gasteiger partial charge on any atom is -0.383 e. The first-order chi connectivity index (χ1) is 14.5. The standard InChI is InChI=1S/C23H36N6O/c1-5-7-10-16(9-6-2)25-19-13-24-14-20(19)27-23-26-18-12-8-11-17(22(18)28-23)21(30)15-29(3)4/h8,11-12,14,16,18,22,24H,5-7,9-10,13,15H2,1-4H3,(H2,26,27,28)/b25-19+. The van der Waals surface area contributed by atoms with Gasteiger partial charge in [-0.05, 0) is 26.9 Å². The Hall–Kier alpha value is -2.41. The summed E-state index contributed by atoms with van der Waals surface area (Å²) >= 11 is 0. The van der Waals surface area contributed by atoms with Gasteiger partial charge in [-0.2, -0.15) is 0 Å². The summed E-state index contributed by atoms with van der Waals surface area (Å²) in [6.07, 6.45) is 13.7. The fourth-order valence-electron chi connectivity index (χ4n) is 4.04. The lowest BCUT2D eigenvalue weighted by atomic mass is 9.92. The SMILES string of the molecule is CCCCC(CCC)/N=C1\CNC=C1NC1=NC2C(C(=O)CN(C)C)=CC=CC2N1. The van der Waals surface area contributed by atoms with Gasteiger partial charge < -0.3 is 20.9 Å². The second-order valence-corrected chi connectivity index (χ2v) is 8.48. The number of rotatable bonds is 10. The number of nitrogens with zero attached hydrogens (tertiary/aromatic N) is 3. The maximum atomic E-state index is 12.6. The Bertz CT molecular complexity index is 777. The highest BCUT2D eigenvalue weighted by atomic mass is 16.1. The van der Waals surface area contributed by atoms with Crippen molar-refractivity contribution in [3.8, 4) is 0 Å². The zero-order valence-corrected chi connectivity index (χ0v) is 18.7. The summed E-state index contributed by atoms with van der Waals surface area (Å²) in [5.74, 6) is 0.817. The number of carbonyl (C=O) groups excluding carboxylic acids is 1. The molecular weight excluding hydrogens is 376 g/mol.